The van der Waals surface area contributed by atoms with Crippen molar-refractivity contribution in [2.45, 2.75) is 6.18 Å². The molecule has 0 amide bonds. The molecular formula is C16H7F5N4. The summed E-state index contributed by atoms with van der Waals surface area (Å²) < 4.78 is 67.4. The maximum atomic E-state index is 13.6. The lowest BCUT2D eigenvalue weighted by Crippen LogP contribution is -2.13. The number of hydrogen-bond acceptors (Lipinski definition) is 3. The van der Waals surface area contributed by atoms with Gasteiger partial charge in [-0.25, -0.2) is 23.7 Å². The van der Waals surface area contributed by atoms with Crippen molar-refractivity contribution in [3.63, 3.8) is 0 Å². The van der Waals surface area contributed by atoms with Crippen molar-refractivity contribution < 1.29 is 22.0 Å². The first-order valence-corrected chi connectivity index (χ1v) is 7.01. The summed E-state index contributed by atoms with van der Waals surface area (Å²) >= 11 is 0. The van der Waals surface area contributed by atoms with Gasteiger partial charge in [-0.1, -0.05) is 12.1 Å². The summed E-state index contributed by atoms with van der Waals surface area (Å²) in [5, 5.41) is 0.319. The highest BCUT2D eigenvalue weighted by molar-refractivity contribution is 5.88. The molecule has 0 aliphatic carbocycles. The lowest BCUT2D eigenvalue weighted by Gasteiger charge is -2.11. The van der Waals surface area contributed by atoms with Gasteiger partial charge in [-0.15, -0.1) is 0 Å². The monoisotopic (exact) mass is 350 g/mol. The molecule has 0 bridgehead atoms. The van der Waals surface area contributed by atoms with Crippen LogP contribution in [0.5, 0.6) is 0 Å². The number of imidazole rings is 1. The average Bonchev–Trinajstić information content (AvgIpc) is 2.96. The molecular weight excluding hydrogens is 343 g/mol. The molecule has 0 aliphatic heterocycles. The van der Waals surface area contributed by atoms with Crippen molar-refractivity contribution in [3.8, 4) is 5.82 Å². The van der Waals surface area contributed by atoms with Gasteiger partial charge >= 0.3 is 6.18 Å². The second-order valence-corrected chi connectivity index (χ2v) is 5.26. The van der Waals surface area contributed by atoms with Crippen LogP contribution in [0, 0.1) is 11.6 Å². The molecule has 126 valence electrons. The Bertz CT molecular complexity index is 1120. The standard InChI is InChI=1S/C16H7F5N4/c17-9-5-12-13(6-10(9)18)25(7-22-12)14-8-3-1-2-4-11(8)23-15(24-14)16(19,20)21/h1-7H. The first-order chi connectivity index (χ1) is 11.8. The molecule has 4 aromatic rings. The quantitative estimate of drug-likeness (QED) is 0.482. The first kappa shape index (κ1) is 15.4. The lowest BCUT2D eigenvalue weighted by atomic mass is 10.2. The number of nitrogens with zero attached hydrogens (tertiary/aromatic N) is 4. The Balaban J connectivity index is 2.08. The van der Waals surface area contributed by atoms with Crippen molar-refractivity contribution in [2.24, 2.45) is 0 Å². The number of rotatable bonds is 1. The molecule has 0 radical (unpaired) electrons. The Hall–Kier alpha value is -3.10. The Morgan fingerprint density at radius 3 is 2.36 bits per heavy atom. The maximum absolute atomic E-state index is 13.6. The predicted octanol–water partition coefficient (Wildman–Crippen LogP) is 4.27. The first-order valence-electron chi connectivity index (χ1n) is 7.01. The van der Waals surface area contributed by atoms with Gasteiger partial charge in [-0.05, 0) is 12.1 Å². The van der Waals surface area contributed by atoms with E-state index in [1.54, 1.807) is 12.1 Å². The van der Waals surface area contributed by atoms with Crippen LogP contribution in [0.25, 0.3) is 27.8 Å². The van der Waals surface area contributed by atoms with Gasteiger partial charge in [-0.2, -0.15) is 13.2 Å². The van der Waals surface area contributed by atoms with E-state index in [2.05, 4.69) is 15.0 Å². The van der Waals surface area contributed by atoms with E-state index in [0.29, 0.717) is 5.39 Å². The van der Waals surface area contributed by atoms with Crippen LogP contribution >= 0.6 is 0 Å². The molecule has 2 aromatic heterocycles. The lowest BCUT2D eigenvalue weighted by molar-refractivity contribution is -0.144. The molecule has 4 nitrogen and oxygen atoms in total. The van der Waals surface area contributed by atoms with Crippen molar-refractivity contribution in [1.29, 1.82) is 0 Å². The number of alkyl halides is 3. The minimum Gasteiger partial charge on any atom is -0.282 e. The van der Waals surface area contributed by atoms with Crippen LogP contribution in [0.4, 0.5) is 22.0 Å². The molecule has 2 aromatic carbocycles. The third-order valence-corrected chi connectivity index (χ3v) is 3.65. The molecule has 0 unspecified atom stereocenters. The van der Waals surface area contributed by atoms with Gasteiger partial charge in [0.25, 0.3) is 0 Å². The molecule has 0 saturated carbocycles. The molecule has 0 saturated heterocycles. The molecule has 0 fully saturated rings. The predicted molar refractivity (Wildman–Crippen MR) is 79.1 cm³/mol. The SMILES string of the molecule is Fc1cc2ncn(-c3nc(C(F)(F)F)nc4ccccc34)c2cc1F. The summed E-state index contributed by atoms with van der Waals surface area (Å²) in [5.74, 6) is -3.68. The van der Waals surface area contributed by atoms with Gasteiger partial charge < -0.3 is 0 Å². The van der Waals surface area contributed by atoms with Gasteiger partial charge in [-0.3, -0.25) is 4.57 Å². The Labute approximate surface area is 136 Å². The third-order valence-electron chi connectivity index (χ3n) is 3.65. The fraction of sp³-hybridized carbons (Fsp3) is 0.0625. The van der Waals surface area contributed by atoms with E-state index in [1.807, 2.05) is 0 Å². The highest BCUT2D eigenvalue weighted by Crippen LogP contribution is 2.31. The Kier molecular flexibility index (Phi) is 3.21. The van der Waals surface area contributed by atoms with Crippen LogP contribution in [0.15, 0.2) is 42.7 Å². The van der Waals surface area contributed by atoms with Crippen LogP contribution in [0.3, 0.4) is 0 Å². The summed E-state index contributed by atoms with van der Waals surface area (Å²) in [5.41, 5.74) is 0.260. The number of hydrogen-bond donors (Lipinski definition) is 0. The summed E-state index contributed by atoms with van der Waals surface area (Å²) in [6, 6.07) is 7.84. The van der Waals surface area contributed by atoms with Crippen molar-refractivity contribution in [2.75, 3.05) is 0 Å². The second kappa shape index (κ2) is 5.20. The summed E-state index contributed by atoms with van der Waals surface area (Å²) in [4.78, 5) is 11.0. The number of benzene rings is 2. The van der Waals surface area contributed by atoms with Gasteiger partial charge in [0.1, 0.15) is 12.1 Å². The van der Waals surface area contributed by atoms with Crippen LogP contribution in [-0.2, 0) is 6.18 Å². The Morgan fingerprint density at radius 1 is 0.880 bits per heavy atom. The van der Waals surface area contributed by atoms with Crippen LogP contribution < -0.4 is 0 Å². The number of para-hydroxylation sites is 1. The molecule has 9 heteroatoms. The fourth-order valence-electron chi connectivity index (χ4n) is 2.54. The zero-order chi connectivity index (χ0) is 17.8. The van der Waals surface area contributed by atoms with E-state index in [9.17, 15) is 22.0 Å². The van der Waals surface area contributed by atoms with Crippen LogP contribution in [0.1, 0.15) is 5.82 Å². The van der Waals surface area contributed by atoms with Gasteiger partial charge in [0.05, 0.1) is 16.6 Å². The minimum absolute atomic E-state index is 0.0734. The smallest absolute Gasteiger partial charge is 0.282 e. The highest BCUT2D eigenvalue weighted by atomic mass is 19.4. The zero-order valence-corrected chi connectivity index (χ0v) is 12.2. The summed E-state index contributed by atoms with van der Waals surface area (Å²) in [6.45, 7) is 0. The fourth-order valence-corrected chi connectivity index (χ4v) is 2.54. The Morgan fingerprint density at radius 2 is 1.60 bits per heavy atom. The topological polar surface area (TPSA) is 43.6 Å². The van der Waals surface area contributed by atoms with Crippen molar-refractivity contribution in [3.05, 3.63) is 60.2 Å². The van der Waals surface area contributed by atoms with E-state index in [4.69, 9.17) is 0 Å². The molecule has 4 rings (SSSR count). The molecule has 0 N–H and O–H groups in total. The number of halogens is 5. The largest absolute Gasteiger partial charge is 0.451 e. The average molecular weight is 350 g/mol. The maximum Gasteiger partial charge on any atom is 0.451 e. The molecule has 0 atom stereocenters. The zero-order valence-electron chi connectivity index (χ0n) is 12.2. The third kappa shape index (κ3) is 2.48. The van der Waals surface area contributed by atoms with Crippen molar-refractivity contribution >= 4 is 21.9 Å². The summed E-state index contributed by atoms with van der Waals surface area (Å²) in [6.07, 6.45) is -3.59. The highest BCUT2D eigenvalue weighted by Gasteiger charge is 2.35. The van der Waals surface area contributed by atoms with Crippen LogP contribution in [-0.4, -0.2) is 19.5 Å². The van der Waals surface area contributed by atoms with E-state index in [0.717, 1.165) is 12.1 Å². The molecule has 25 heavy (non-hydrogen) atoms. The van der Waals surface area contributed by atoms with E-state index < -0.39 is 23.6 Å². The molecule has 0 aliphatic rings. The van der Waals surface area contributed by atoms with Gasteiger partial charge in [0.15, 0.2) is 11.6 Å². The van der Waals surface area contributed by atoms with E-state index in [1.165, 1.54) is 23.0 Å². The minimum atomic E-state index is -4.76. The van der Waals surface area contributed by atoms with Gasteiger partial charge in [0, 0.05) is 17.5 Å². The van der Waals surface area contributed by atoms with Gasteiger partial charge in [0.2, 0.25) is 5.82 Å². The normalized spacial score (nSPS) is 12.2. The summed E-state index contributed by atoms with van der Waals surface area (Å²) in [7, 11) is 0. The van der Waals surface area contributed by atoms with Crippen LogP contribution in [0.2, 0.25) is 0 Å². The van der Waals surface area contributed by atoms with E-state index >= 15 is 0 Å². The number of fused-ring (bicyclic) bond motifs is 2. The molecule has 0 spiro atoms. The van der Waals surface area contributed by atoms with E-state index in [-0.39, 0.29) is 22.4 Å². The molecule has 2 heterocycles. The second-order valence-electron chi connectivity index (χ2n) is 5.26. The van der Waals surface area contributed by atoms with Crippen molar-refractivity contribution in [1.82, 2.24) is 19.5 Å². The number of aromatic nitrogens is 4.